The summed E-state index contributed by atoms with van der Waals surface area (Å²) in [6.45, 7) is 1.37. The molecule has 102 valence electrons. The van der Waals surface area contributed by atoms with Gasteiger partial charge in [-0.3, -0.25) is 0 Å². The molecule has 1 aromatic carbocycles. The molecule has 6 heteroatoms. The van der Waals surface area contributed by atoms with Gasteiger partial charge in [0.15, 0.2) is 0 Å². The molecule has 1 aromatic heterocycles. The van der Waals surface area contributed by atoms with Crippen LogP contribution in [0.15, 0.2) is 39.9 Å². The lowest BCUT2D eigenvalue weighted by Gasteiger charge is -2.11. The number of carbonyl (C=O) groups excluding carboxylic acids is 2. The van der Waals surface area contributed by atoms with Crippen LogP contribution in [-0.4, -0.2) is 30.5 Å². The summed E-state index contributed by atoms with van der Waals surface area (Å²) < 4.78 is 14.9. The molecule has 1 unspecified atom stereocenters. The molecule has 20 heavy (non-hydrogen) atoms. The largest absolute Gasteiger partial charge is 0.467 e. The summed E-state index contributed by atoms with van der Waals surface area (Å²) in [5.41, 5.74) is -0.329. The molecule has 0 bridgehead atoms. The van der Waals surface area contributed by atoms with Crippen LogP contribution in [0.2, 0.25) is 0 Å². The second-order valence-corrected chi connectivity index (χ2v) is 4.54. The maximum Gasteiger partial charge on any atom is 0.352 e. The Morgan fingerprint density at radius 3 is 2.90 bits per heavy atom. The maximum atomic E-state index is 11.8. The zero-order chi connectivity index (χ0) is 14.3. The van der Waals surface area contributed by atoms with Gasteiger partial charge in [0.05, 0.1) is 13.4 Å². The Morgan fingerprint density at radius 2 is 2.15 bits per heavy atom. The zero-order valence-electron chi connectivity index (χ0n) is 10.9. The third kappa shape index (κ3) is 1.69. The first-order valence-corrected chi connectivity index (χ1v) is 5.93. The molecule has 1 aliphatic heterocycles. The molecule has 0 amide bonds. The predicted octanol–water partition coefficient (Wildman–Crippen LogP) is 1.67. The van der Waals surface area contributed by atoms with Gasteiger partial charge in [0.1, 0.15) is 5.58 Å². The van der Waals surface area contributed by atoms with Crippen LogP contribution in [0.25, 0.3) is 11.0 Å². The molecular formula is C14H11NO5. The van der Waals surface area contributed by atoms with E-state index in [9.17, 15) is 9.59 Å². The summed E-state index contributed by atoms with van der Waals surface area (Å²) in [5.74, 6) is -1.39. The quantitative estimate of drug-likeness (QED) is 0.614. The minimum Gasteiger partial charge on any atom is -0.467 e. The number of hydrogen-bond donors (Lipinski definition) is 0. The first kappa shape index (κ1) is 12.4. The third-order valence-electron chi connectivity index (χ3n) is 3.19. The Hall–Kier alpha value is -2.63. The number of esters is 2. The first-order chi connectivity index (χ1) is 9.54. The molecule has 3 rings (SSSR count). The van der Waals surface area contributed by atoms with Crippen molar-refractivity contribution in [1.29, 1.82) is 0 Å². The highest BCUT2D eigenvalue weighted by Gasteiger charge is 2.49. The molecule has 6 nitrogen and oxygen atoms in total. The van der Waals surface area contributed by atoms with E-state index in [0.717, 1.165) is 11.0 Å². The van der Waals surface area contributed by atoms with E-state index < -0.39 is 17.5 Å². The monoisotopic (exact) mass is 273 g/mol. The van der Waals surface area contributed by atoms with Crippen LogP contribution in [0.3, 0.4) is 0 Å². The van der Waals surface area contributed by atoms with Crippen molar-refractivity contribution in [3.63, 3.8) is 0 Å². The van der Waals surface area contributed by atoms with Crippen LogP contribution in [0.5, 0.6) is 0 Å². The van der Waals surface area contributed by atoms with Gasteiger partial charge in [0.25, 0.3) is 5.54 Å². The summed E-state index contributed by atoms with van der Waals surface area (Å²) in [6.07, 6.45) is 1.56. The molecule has 0 aliphatic carbocycles. The Bertz CT molecular complexity index is 745. The number of methoxy groups -OCH3 is 1. The van der Waals surface area contributed by atoms with Gasteiger partial charge in [-0.15, -0.1) is 0 Å². The van der Waals surface area contributed by atoms with E-state index >= 15 is 0 Å². The van der Waals surface area contributed by atoms with Gasteiger partial charge in [-0.05, 0) is 31.2 Å². The summed E-state index contributed by atoms with van der Waals surface area (Å²) in [4.78, 5) is 27.6. The summed E-state index contributed by atoms with van der Waals surface area (Å²) in [5, 5.41) is 0.855. The number of aliphatic imine (C=N–C) groups is 1. The first-order valence-electron chi connectivity index (χ1n) is 5.93. The Kier molecular flexibility index (Phi) is 2.60. The van der Waals surface area contributed by atoms with Crippen LogP contribution in [0, 0.1) is 0 Å². The van der Waals surface area contributed by atoms with E-state index in [2.05, 4.69) is 9.73 Å². The molecule has 0 N–H and O–H groups in total. The van der Waals surface area contributed by atoms with Crippen molar-refractivity contribution in [1.82, 2.24) is 0 Å². The molecule has 0 saturated heterocycles. The Labute approximate surface area is 114 Å². The third-order valence-corrected chi connectivity index (χ3v) is 3.19. The van der Waals surface area contributed by atoms with Crippen molar-refractivity contribution in [2.24, 2.45) is 4.99 Å². The second-order valence-electron chi connectivity index (χ2n) is 4.54. The molecule has 2 heterocycles. The lowest BCUT2D eigenvalue weighted by molar-refractivity contribution is -0.154. The standard InChI is InChI=1S/C14H11NO5/c1-14(12(16)18-2)13(17)20-11(15-14)9-3-4-10-8(7-9)5-6-19-10/h3-7H,1-2H3. The highest BCUT2D eigenvalue weighted by atomic mass is 16.6. The normalized spacial score (nSPS) is 21.7. The number of nitrogens with zero attached hydrogens (tertiary/aromatic N) is 1. The highest BCUT2D eigenvalue weighted by Crippen LogP contribution is 2.26. The van der Waals surface area contributed by atoms with Crippen LogP contribution in [-0.2, 0) is 19.1 Å². The number of furan rings is 1. The number of rotatable bonds is 2. The van der Waals surface area contributed by atoms with Gasteiger partial charge < -0.3 is 13.9 Å². The number of cyclic esters (lactones) is 1. The van der Waals surface area contributed by atoms with Crippen molar-refractivity contribution < 1.29 is 23.5 Å². The zero-order valence-corrected chi connectivity index (χ0v) is 10.9. The molecular weight excluding hydrogens is 262 g/mol. The van der Waals surface area contributed by atoms with E-state index in [4.69, 9.17) is 9.15 Å². The number of ether oxygens (including phenoxy) is 2. The van der Waals surface area contributed by atoms with Gasteiger partial charge in [-0.1, -0.05) is 0 Å². The van der Waals surface area contributed by atoms with Gasteiger partial charge in [-0.2, -0.15) is 0 Å². The van der Waals surface area contributed by atoms with Gasteiger partial charge in [0, 0.05) is 10.9 Å². The SMILES string of the molecule is COC(=O)C1(C)N=C(c2ccc3occc3c2)OC1=O. The fourth-order valence-corrected chi connectivity index (χ4v) is 2.01. The fraction of sp³-hybridized carbons (Fsp3) is 0.214. The summed E-state index contributed by atoms with van der Waals surface area (Å²) in [7, 11) is 1.20. The van der Waals surface area contributed by atoms with E-state index in [1.807, 2.05) is 0 Å². The lowest BCUT2D eigenvalue weighted by Crippen LogP contribution is -2.40. The van der Waals surface area contributed by atoms with Gasteiger partial charge >= 0.3 is 11.9 Å². The molecule has 0 spiro atoms. The number of carbonyl (C=O) groups is 2. The minimum atomic E-state index is -1.64. The summed E-state index contributed by atoms with van der Waals surface area (Å²) >= 11 is 0. The average molecular weight is 273 g/mol. The van der Waals surface area contributed by atoms with E-state index in [-0.39, 0.29) is 5.90 Å². The number of fused-ring (bicyclic) bond motifs is 1. The Balaban J connectivity index is 2.04. The molecule has 2 aromatic rings. The lowest BCUT2D eigenvalue weighted by atomic mass is 10.1. The maximum absolute atomic E-state index is 11.8. The van der Waals surface area contributed by atoms with E-state index in [1.165, 1.54) is 14.0 Å². The predicted molar refractivity (Wildman–Crippen MR) is 69.3 cm³/mol. The number of hydrogen-bond acceptors (Lipinski definition) is 6. The second kappa shape index (κ2) is 4.19. The van der Waals surface area contributed by atoms with E-state index in [1.54, 1.807) is 30.5 Å². The van der Waals surface area contributed by atoms with Crippen molar-refractivity contribution in [2.75, 3.05) is 7.11 Å². The van der Waals surface area contributed by atoms with Crippen LogP contribution >= 0.6 is 0 Å². The summed E-state index contributed by atoms with van der Waals surface area (Å²) in [6, 6.07) is 7.01. The molecule has 1 atom stereocenters. The molecule has 1 aliphatic rings. The highest BCUT2D eigenvalue weighted by molar-refractivity contribution is 6.17. The topological polar surface area (TPSA) is 78.1 Å². The van der Waals surface area contributed by atoms with Gasteiger partial charge in [0.2, 0.25) is 5.90 Å². The molecule has 0 fully saturated rings. The van der Waals surface area contributed by atoms with E-state index in [0.29, 0.717) is 5.56 Å². The van der Waals surface area contributed by atoms with Crippen molar-refractivity contribution in [3.8, 4) is 0 Å². The van der Waals surface area contributed by atoms with Crippen LogP contribution in [0.4, 0.5) is 0 Å². The number of benzene rings is 1. The van der Waals surface area contributed by atoms with Crippen molar-refractivity contribution in [2.45, 2.75) is 12.5 Å². The average Bonchev–Trinajstić information content (AvgIpc) is 3.03. The van der Waals surface area contributed by atoms with Crippen molar-refractivity contribution >= 4 is 28.8 Å². The molecule has 0 radical (unpaired) electrons. The van der Waals surface area contributed by atoms with Crippen LogP contribution < -0.4 is 0 Å². The smallest absolute Gasteiger partial charge is 0.352 e. The van der Waals surface area contributed by atoms with Crippen molar-refractivity contribution in [3.05, 3.63) is 36.1 Å². The fourth-order valence-electron chi connectivity index (χ4n) is 2.01. The van der Waals surface area contributed by atoms with Gasteiger partial charge in [-0.25, -0.2) is 14.6 Å². The van der Waals surface area contributed by atoms with Crippen LogP contribution in [0.1, 0.15) is 12.5 Å². The molecule has 0 saturated carbocycles. The Morgan fingerprint density at radius 1 is 1.35 bits per heavy atom. The minimum absolute atomic E-state index is 0.103.